The Morgan fingerprint density at radius 1 is 1.36 bits per heavy atom. The molecule has 1 N–H and O–H groups in total. The van der Waals surface area contributed by atoms with Gasteiger partial charge in [0.1, 0.15) is 5.75 Å². The first-order valence-corrected chi connectivity index (χ1v) is 7.14. The molecule has 1 atom stereocenters. The Labute approximate surface area is 135 Å². The van der Waals surface area contributed by atoms with E-state index in [1.807, 2.05) is 13.1 Å². The number of alkyl halides is 3. The first-order chi connectivity index (χ1) is 9.96. The SMILES string of the molecule is CNC1CCCN(Cc2cccc(OCC(F)(F)F)c2)C1.Cl. The number of likely N-dealkylation sites (tertiary alicyclic amines) is 1. The molecule has 0 spiro atoms. The predicted molar refractivity (Wildman–Crippen MR) is 82.6 cm³/mol. The zero-order valence-electron chi connectivity index (χ0n) is 12.5. The van der Waals surface area contributed by atoms with Gasteiger partial charge in [0.2, 0.25) is 0 Å². The summed E-state index contributed by atoms with van der Waals surface area (Å²) in [7, 11) is 1.96. The van der Waals surface area contributed by atoms with Crippen molar-refractivity contribution in [1.82, 2.24) is 10.2 Å². The molecule has 0 radical (unpaired) electrons. The van der Waals surface area contributed by atoms with Gasteiger partial charge in [0.15, 0.2) is 6.61 Å². The lowest BCUT2D eigenvalue weighted by atomic mass is 10.1. The summed E-state index contributed by atoms with van der Waals surface area (Å²) >= 11 is 0. The van der Waals surface area contributed by atoms with Gasteiger partial charge in [-0.2, -0.15) is 13.2 Å². The van der Waals surface area contributed by atoms with Crippen LogP contribution in [-0.4, -0.2) is 43.9 Å². The maximum Gasteiger partial charge on any atom is 0.422 e. The fourth-order valence-electron chi connectivity index (χ4n) is 2.59. The Bertz CT molecular complexity index is 457. The predicted octanol–water partition coefficient (Wildman–Crippen LogP) is 3.23. The number of hydrogen-bond donors (Lipinski definition) is 1. The third-order valence-corrected chi connectivity index (χ3v) is 3.62. The molecule has 0 aliphatic carbocycles. The first-order valence-electron chi connectivity index (χ1n) is 7.14. The minimum Gasteiger partial charge on any atom is -0.484 e. The van der Waals surface area contributed by atoms with Crippen molar-refractivity contribution in [3.8, 4) is 5.75 Å². The van der Waals surface area contributed by atoms with Crippen LogP contribution in [0.1, 0.15) is 18.4 Å². The molecule has 22 heavy (non-hydrogen) atoms. The molecule has 7 heteroatoms. The van der Waals surface area contributed by atoms with Crippen molar-refractivity contribution >= 4 is 12.4 Å². The molecular weight excluding hydrogens is 317 g/mol. The molecule has 1 heterocycles. The van der Waals surface area contributed by atoms with E-state index in [-0.39, 0.29) is 18.2 Å². The Kier molecular flexibility index (Phi) is 7.45. The topological polar surface area (TPSA) is 24.5 Å². The highest BCUT2D eigenvalue weighted by molar-refractivity contribution is 5.85. The zero-order chi connectivity index (χ0) is 15.3. The Morgan fingerprint density at radius 2 is 2.14 bits per heavy atom. The molecule has 1 aromatic carbocycles. The molecule has 1 unspecified atom stereocenters. The number of benzene rings is 1. The van der Waals surface area contributed by atoms with Crippen LogP contribution in [0.3, 0.4) is 0 Å². The van der Waals surface area contributed by atoms with Crippen molar-refractivity contribution in [3.63, 3.8) is 0 Å². The molecule has 126 valence electrons. The molecule has 1 aliphatic rings. The number of rotatable bonds is 5. The largest absolute Gasteiger partial charge is 0.484 e. The fourth-order valence-corrected chi connectivity index (χ4v) is 2.59. The first kappa shape index (κ1) is 19.1. The molecule has 0 saturated carbocycles. The summed E-state index contributed by atoms with van der Waals surface area (Å²) in [4.78, 5) is 2.31. The van der Waals surface area contributed by atoms with Crippen LogP contribution in [-0.2, 0) is 6.54 Å². The molecule has 0 bridgehead atoms. The normalized spacial score (nSPS) is 19.5. The van der Waals surface area contributed by atoms with Crippen molar-refractivity contribution in [2.45, 2.75) is 31.6 Å². The molecule has 1 fully saturated rings. The number of nitrogens with one attached hydrogen (secondary N) is 1. The van der Waals surface area contributed by atoms with Gasteiger partial charge in [0.05, 0.1) is 0 Å². The average molecular weight is 339 g/mol. The van der Waals surface area contributed by atoms with E-state index in [1.165, 1.54) is 6.42 Å². The minimum absolute atomic E-state index is 0. The molecule has 3 nitrogen and oxygen atoms in total. The van der Waals surface area contributed by atoms with Gasteiger partial charge in [-0.15, -0.1) is 12.4 Å². The zero-order valence-corrected chi connectivity index (χ0v) is 13.3. The molecule has 0 aromatic heterocycles. The van der Waals surface area contributed by atoms with Gasteiger partial charge >= 0.3 is 6.18 Å². The average Bonchev–Trinajstić information content (AvgIpc) is 2.45. The molecule has 2 rings (SSSR count). The van der Waals surface area contributed by atoms with E-state index in [1.54, 1.807) is 18.2 Å². The van der Waals surface area contributed by atoms with E-state index in [0.717, 1.165) is 31.6 Å². The van der Waals surface area contributed by atoms with E-state index in [2.05, 4.69) is 10.2 Å². The number of likely N-dealkylation sites (N-methyl/N-ethyl adjacent to an activating group) is 1. The Hall–Kier alpha value is -0.980. The lowest BCUT2D eigenvalue weighted by Gasteiger charge is -2.32. The van der Waals surface area contributed by atoms with Crippen LogP contribution in [0.25, 0.3) is 0 Å². The highest BCUT2D eigenvalue weighted by atomic mass is 35.5. The molecule has 1 saturated heterocycles. The van der Waals surface area contributed by atoms with E-state index in [4.69, 9.17) is 4.74 Å². The van der Waals surface area contributed by atoms with Gasteiger partial charge < -0.3 is 10.1 Å². The summed E-state index contributed by atoms with van der Waals surface area (Å²) in [6.07, 6.45) is -2.00. The summed E-state index contributed by atoms with van der Waals surface area (Å²) < 4.78 is 41.3. The number of nitrogens with zero attached hydrogens (tertiary/aromatic N) is 1. The lowest BCUT2D eigenvalue weighted by molar-refractivity contribution is -0.153. The van der Waals surface area contributed by atoms with Gasteiger partial charge in [-0.25, -0.2) is 0 Å². The minimum atomic E-state index is -4.30. The number of ether oxygens (including phenoxy) is 1. The maximum absolute atomic E-state index is 12.2. The maximum atomic E-state index is 12.2. The van der Waals surface area contributed by atoms with E-state index in [0.29, 0.717) is 6.04 Å². The summed E-state index contributed by atoms with van der Waals surface area (Å²) in [5.74, 6) is 0.270. The third kappa shape index (κ3) is 6.42. The number of piperidine rings is 1. The molecular formula is C15H22ClF3N2O. The summed E-state index contributed by atoms with van der Waals surface area (Å²) in [5, 5.41) is 3.28. The van der Waals surface area contributed by atoms with Gasteiger partial charge in [-0.3, -0.25) is 4.90 Å². The summed E-state index contributed by atoms with van der Waals surface area (Å²) in [5.41, 5.74) is 0.978. The summed E-state index contributed by atoms with van der Waals surface area (Å²) in [6.45, 7) is 1.47. The quantitative estimate of drug-likeness (QED) is 0.892. The van der Waals surface area contributed by atoms with Crippen LogP contribution >= 0.6 is 12.4 Å². The van der Waals surface area contributed by atoms with Crippen molar-refractivity contribution in [2.24, 2.45) is 0 Å². The second-order valence-corrected chi connectivity index (χ2v) is 5.41. The van der Waals surface area contributed by atoms with Gasteiger partial charge in [0.25, 0.3) is 0 Å². The highest BCUT2D eigenvalue weighted by Gasteiger charge is 2.28. The van der Waals surface area contributed by atoms with E-state index < -0.39 is 12.8 Å². The van der Waals surface area contributed by atoms with Crippen molar-refractivity contribution in [1.29, 1.82) is 0 Å². The van der Waals surface area contributed by atoms with Crippen molar-refractivity contribution in [2.75, 3.05) is 26.7 Å². The van der Waals surface area contributed by atoms with E-state index in [9.17, 15) is 13.2 Å². The third-order valence-electron chi connectivity index (χ3n) is 3.62. The molecule has 1 aromatic rings. The van der Waals surface area contributed by atoms with Crippen molar-refractivity contribution in [3.05, 3.63) is 29.8 Å². The highest BCUT2D eigenvalue weighted by Crippen LogP contribution is 2.21. The summed E-state index contributed by atoms with van der Waals surface area (Å²) in [6, 6.07) is 7.39. The van der Waals surface area contributed by atoms with Crippen LogP contribution in [0, 0.1) is 0 Å². The van der Waals surface area contributed by atoms with Gasteiger partial charge in [0, 0.05) is 19.1 Å². The fraction of sp³-hybridized carbons (Fsp3) is 0.600. The van der Waals surface area contributed by atoms with Crippen LogP contribution < -0.4 is 10.1 Å². The monoisotopic (exact) mass is 338 g/mol. The Balaban J connectivity index is 0.00000242. The van der Waals surface area contributed by atoms with Crippen LogP contribution in [0.2, 0.25) is 0 Å². The van der Waals surface area contributed by atoms with Crippen molar-refractivity contribution < 1.29 is 17.9 Å². The second-order valence-electron chi connectivity index (χ2n) is 5.41. The van der Waals surface area contributed by atoms with Gasteiger partial charge in [-0.05, 0) is 44.1 Å². The van der Waals surface area contributed by atoms with Crippen LogP contribution in [0.15, 0.2) is 24.3 Å². The van der Waals surface area contributed by atoms with Gasteiger partial charge in [-0.1, -0.05) is 12.1 Å². The number of halogens is 4. The standard InChI is InChI=1S/C15H21F3N2O.ClH/c1-19-13-5-3-7-20(10-13)9-12-4-2-6-14(8-12)21-11-15(16,17)18;/h2,4,6,8,13,19H,3,5,7,9-11H2,1H3;1H. The lowest BCUT2D eigenvalue weighted by Crippen LogP contribution is -2.43. The smallest absolute Gasteiger partial charge is 0.422 e. The second kappa shape index (κ2) is 8.60. The molecule has 1 aliphatic heterocycles. The van der Waals surface area contributed by atoms with E-state index >= 15 is 0 Å². The Morgan fingerprint density at radius 3 is 2.82 bits per heavy atom. The molecule has 0 amide bonds. The number of hydrogen-bond acceptors (Lipinski definition) is 3. The van der Waals surface area contributed by atoms with Crippen LogP contribution in [0.4, 0.5) is 13.2 Å². The van der Waals surface area contributed by atoms with Crippen LogP contribution in [0.5, 0.6) is 5.75 Å².